The number of methoxy groups -OCH3 is 3. The van der Waals surface area contributed by atoms with Crippen molar-refractivity contribution in [2.75, 3.05) is 46.3 Å². The number of carbonyl (C=O) groups excluding carboxylic acids is 2. The minimum Gasteiger partial charge on any atom is -0.497 e. The molecule has 0 saturated heterocycles. The number of nitrogens with zero attached hydrogens (tertiary/aromatic N) is 2. The fourth-order valence-electron chi connectivity index (χ4n) is 4.01. The predicted molar refractivity (Wildman–Crippen MR) is 151 cm³/mol. The molecule has 1 aromatic heterocycles. The summed E-state index contributed by atoms with van der Waals surface area (Å²) in [4.78, 5) is 31.3. The Morgan fingerprint density at radius 1 is 0.921 bits per heavy atom. The number of carbonyl (C=O) groups is 2. The lowest BCUT2D eigenvalue weighted by Crippen LogP contribution is -2.46. The van der Waals surface area contributed by atoms with E-state index < -0.39 is 0 Å². The van der Waals surface area contributed by atoms with Crippen LogP contribution in [0.2, 0.25) is 0 Å². The number of ether oxygens (including phenoxy) is 3. The Hall–Kier alpha value is -3.72. The second-order valence-electron chi connectivity index (χ2n) is 9.27. The third kappa shape index (κ3) is 8.41. The van der Waals surface area contributed by atoms with Crippen LogP contribution in [0.5, 0.6) is 17.2 Å². The van der Waals surface area contributed by atoms with Crippen LogP contribution in [-0.2, 0) is 17.8 Å². The van der Waals surface area contributed by atoms with E-state index in [9.17, 15) is 9.59 Å². The molecule has 3 amide bonds. The molecule has 0 bridgehead atoms. The lowest BCUT2D eigenvalue weighted by Gasteiger charge is -2.29. The minimum absolute atomic E-state index is 0.0225. The lowest BCUT2D eigenvalue weighted by atomic mass is 10.1. The SMILES string of the molecule is COc1cccc(NC(=O)N(CC(=O)N(CCc2ccc(OC)c(OC)c2)Cc2cccs2)CC(C)C)c1. The lowest BCUT2D eigenvalue weighted by molar-refractivity contribution is -0.132. The molecule has 0 aliphatic heterocycles. The van der Waals surface area contributed by atoms with Gasteiger partial charge in [0.15, 0.2) is 11.5 Å². The van der Waals surface area contributed by atoms with Gasteiger partial charge in [-0.05, 0) is 53.6 Å². The van der Waals surface area contributed by atoms with Gasteiger partial charge in [-0.2, -0.15) is 0 Å². The molecule has 1 N–H and O–H groups in total. The van der Waals surface area contributed by atoms with Crippen molar-refractivity contribution in [3.05, 3.63) is 70.4 Å². The highest BCUT2D eigenvalue weighted by Gasteiger charge is 2.23. The fraction of sp³-hybridized carbons (Fsp3) is 0.379. The van der Waals surface area contributed by atoms with Crippen LogP contribution in [0.1, 0.15) is 24.3 Å². The Bertz CT molecular complexity index is 1180. The Morgan fingerprint density at radius 3 is 2.37 bits per heavy atom. The quantitative estimate of drug-likeness (QED) is 0.309. The summed E-state index contributed by atoms with van der Waals surface area (Å²) in [6, 6.07) is 16.6. The Labute approximate surface area is 229 Å². The summed E-state index contributed by atoms with van der Waals surface area (Å²) < 4.78 is 16.0. The number of benzene rings is 2. The third-order valence-corrected chi connectivity index (χ3v) is 6.78. The Kier molecular flexibility index (Phi) is 10.8. The van der Waals surface area contributed by atoms with Crippen LogP contribution >= 0.6 is 11.3 Å². The topological polar surface area (TPSA) is 80.3 Å². The first kappa shape index (κ1) is 28.8. The molecule has 9 heteroatoms. The highest BCUT2D eigenvalue weighted by atomic mass is 32.1. The van der Waals surface area contributed by atoms with Gasteiger partial charge in [0.2, 0.25) is 5.91 Å². The van der Waals surface area contributed by atoms with E-state index in [1.165, 1.54) is 0 Å². The molecule has 8 nitrogen and oxygen atoms in total. The van der Waals surface area contributed by atoms with E-state index in [0.717, 1.165) is 10.4 Å². The summed E-state index contributed by atoms with van der Waals surface area (Å²) >= 11 is 1.61. The summed E-state index contributed by atoms with van der Waals surface area (Å²) in [6.07, 6.45) is 0.637. The second kappa shape index (κ2) is 14.3. The van der Waals surface area contributed by atoms with E-state index in [0.29, 0.717) is 49.0 Å². The standard InChI is InChI=1S/C29H37N3O5S/c1-21(2)18-32(29(34)30-23-8-6-9-24(17-23)35-3)20-28(33)31(19-25-10-7-15-38-25)14-13-22-11-12-26(36-4)27(16-22)37-5/h6-12,15-17,21H,13-14,18-20H2,1-5H3,(H,30,34). The van der Waals surface area contributed by atoms with Crippen molar-refractivity contribution >= 4 is 29.0 Å². The zero-order chi connectivity index (χ0) is 27.5. The average Bonchev–Trinajstić information content (AvgIpc) is 3.43. The van der Waals surface area contributed by atoms with Crippen LogP contribution in [0, 0.1) is 5.92 Å². The van der Waals surface area contributed by atoms with Crippen molar-refractivity contribution < 1.29 is 23.8 Å². The van der Waals surface area contributed by atoms with E-state index >= 15 is 0 Å². The normalized spacial score (nSPS) is 10.7. The Balaban J connectivity index is 1.74. The number of rotatable bonds is 13. The molecule has 0 atom stereocenters. The first-order valence-electron chi connectivity index (χ1n) is 12.5. The van der Waals surface area contributed by atoms with Crippen molar-refractivity contribution in [3.8, 4) is 17.2 Å². The first-order chi connectivity index (χ1) is 18.3. The predicted octanol–water partition coefficient (Wildman–Crippen LogP) is 5.54. The molecule has 0 unspecified atom stereocenters. The van der Waals surface area contributed by atoms with Crippen molar-refractivity contribution in [2.45, 2.75) is 26.8 Å². The third-order valence-electron chi connectivity index (χ3n) is 5.92. The van der Waals surface area contributed by atoms with Gasteiger partial charge in [-0.3, -0.25) is 4.79 Å². The van der Waals surface area contributed by atoms with Crippen LogP contribution in [0.4, 0.5) is 10.5 Å². The maximum absolute atomic E-state index is 13.6. The van der Waals surface area contributed by atoms with Crippen LogP contribution in [0.25, 0.3) is 0 Å². The Morgan fingerprint density at radius 2 is 1.71 bits per heavy atom. The van der Waals surface area contributed by atoms with Crippen molar-refractivity contribution in [1.29, 1.82) is 0 Å². The minimum atomic E-state index is -0.323. The van der Waals surface area contributed by atoms with Crippen molar-refractivity contribution in [2.24, 2.45) is 5.92 Å². The smallest absolute Gasteiger partial charge is 0.322 e. The van der Waals surface area contributed by atoms with Gasteiger partial charge >= 0.3 is 6.03 Å². The van der Waals surface area contributed by atoms with E-state index in [-0.39, 0.29) is 24.4 Å². The molecular formula is C29H37N3O5S. The molecule has 0 spiro atoms. The van der Waals surface area contributed by atoms with Crippen molar-refractivity contribution in [3.63, 3.8) is 0 Å². The zero-order valence-electron chi connectivity index (χ0n) is 22.7. The largest absolute Gasteiger partial charge is 0.497 e. The van der Waals surface area contributed by atoms with Gasteiger partial charge in [-0.15, -0.1) is 11.3 Å². The summed E-state index contributed by atoms with van der Waals surface area (Å²) in [5.74, 6) is 2.04. The molecule has 38 heavy (non-hydrogen) atoms. The van der Waals surface area contributed by atoms with E-state index in [1.807, 2.05) is 66.6 Å². The summed E-state index contributed by atoms with van der Waals surface area (Å²) in [5.41, 5.74) is 1.64. The van der Waals surface area contributed by atoms with Gasteiger partial charge < -0.3 is 29.3 Å². The molecule has 204 valence electrons. The number of amides is 3. The summed E-state index contributed by atoms with van der Waals surface area (Å²) in [5, 5.41) is 4.90. The molecule has 0 aliphatic carbocycles. The molecule has 0 aliphatic rings. The monoisotopic (exact) mass is 539 g/mol. The fourth-order valence-corrected chi connectivity index (χ4v) is 4.73. The van der Waals surface area contributed by atoms with E-state index in [2.05, 4.69) is 5.32 Å². The van der Waals surface area contributed by atoms with E-state index in [1.54, 1.807) is 49.7 Å². The van der Waals surface area contributed by atoms with Gasteiger partial charge in [-0.25, -0.2) is 4.79 Å². The number of urea groups is 1. The first-order valence-corrected chi connectivity index (χ1v) is 13.4. The second-order valence-corrected chi connectivity index (χ2v) is 10.3. The van der Waals surface area contributed by atoms with Gasteiger partial charge in [0, 0.05) is 29.7 Å². The van der Waals surface area contributed by atoms with Gasteiger partial charge in [0.1, 0.15) is 12.3 Å². The number of hydrogen-bond donors (Lipinski definition) is 1. The number of thiophene rings is 1. The summed E-state index contributed by atoms with van der Waals surface area (Å²) in [6.45, 7) is 5.46. The molecule has 2 aromatic carbocycles. The van der Waals surface area contributed by atoms with Gasteiger partial charge in [-0.1, -0.05) is 32.0 Å². The van der Waals surface area contributed by atoms with E-state index in [4.69, 9.17) is 14.2 Å². The number of nitrogens with one attached hydrogen (secondary N) is 1. The molecule has 3 aromatic rings. The molecule has 1 heterocycles. The molecule has 3 rings (SSSR count). The van der Waals surface area contributed by atoms with Crippen molar-refractivity contribution in [1.82, 2.24) is 9.80 Å². The molecule has 0 radical (unpaired) electrons. The van der Waals surface area contributed by atoms with Gasteiger partial charge in [0.25, 0.3) is 0 Å². The molecular weight excluding hydrogens is 502 g/mol. The van der Waals surface area contributed by atoms with Gasteiger partial charge in [0.05, 0.1) is 27.9 Å². The zero-order valence-corrected chi connectivity index (χ0v) is 23.5. The van der Waals surface area contributed by atoms with Crippen LogP contribution < -0.4 is 19.5 Å². The highest BCUT2D eigenvalue weighted by molar-refractivity contribution is 7.09. The maximum atomic E-state index is 13.6. The number of anilines is 1. The molecule has 0 fully saturated rings. The number of hydrogen-bond acceptors (Lipinski definition) is 6. The highest BCUT2D eigenvalue weighted by Crippen LogP contribution is 2.28. The summed E-state index contributed by atoms with van der Waals surface area (Å²) in [7, 11) is 4.79. The maximum Gasteiger partial charge on any atom is 0.322 e. The van der Waals surface area contributed by atoms with Crippen LogP contribution in [-0.4, -0.2) is 62.7 Å². The average molecular weight is 540 g/mol. The van der Waals surface area contributed by atoms with Crippen LogP contribution in [0.3, 0.4) is 0 Å². The van der Waals surface area contributed by atoms with Crippen LogP contribution in [0.15, 0.2) is 60.0 Å². The molecule has 0 saturated carbocycles.